The first-order valence-electron chi connectivity index (χ1n) is 8.22. The Morgan fingerprint density at radius 2 is 1.88 bits per heavy atom. The summed E-state index contributed by atoms with van der Waals surface area (Å²) in [5, 5.41) is 13.6. The van der Waals surface area contributed by atoms with Crippen molar-refractivity contribution in [2.75, 3.05) is 7.11 Å². The zero-order valence-electron chi connectivity index (χ0n) is 14.4. The van der Waals surface area contributed by atoms with Gasteiger partial charge in [0, 0.05) is 35.7 Å². The van der Waals surface area contributed by atoms with E-state index in [9.17, 15) is 24.5 Å². The van der Waals surface area contributed by atoms with Crippen molar-refractivity contribution in [2.45, 2.75) is 25.7 Å². The fraction of sp³-hybridized carbons (Fsp3) is 0.389. The van der Waals surface area contributed by atoms with Crippen molar-refractivity contribution >= 4 is 23.3 Å². The van der Waals surface area contributed by atoms with Crippen LogP contribution >= 0.6 is 0 Å². The minimum atomic E-state index is -0.908. The number of esters is 1. The summed E-state index contributed by atoms with van der Waals surface area (Å²) in [4.78, 5) is 47.5. The van der Waals surface area contributed by atoms with Crippen molar-refractivity contribution in [2.24, 2.45) is 11.8 Å². The number of ether oxygens (including phenoxy) is 1. The molecule has 0 bridgehead atoms. The van der Waals surface area contributed by atoms with Crippen molar-refractivity contribution in [1.29, 1.82) is 0 Å². The molecule has 2 aliphatic rings. The Kier molecular flexibility index (Phi) is 4.58. The molecule has 0 radical (unpaired) electrons. The third-order valence-corrected chi connectivity index (χ3v) is 4.96. The molecule has 1 amide bonds. The van der Waals surface area contributed by atoms with Crippen molar-refractivity contribution in [3.8, 4) is 0 Å². The van der Waals surface area contributed by atoms with Gasteiger partial charge >= 0.3 is 5.97 Å². The molecule has 0 aromatic heterocycles. The molecule has 0 saturated carbocycles. The van der Waals surface area contributed by atoms with Crippen LogP contribution in [0.2, 0.25) is 0 Å². The van der Waals surface area contributed by atoms with Crippen LogP contribution in [0.4, 0.5) is 5.69 Å². The van der Waals surface area contributed by atoms with E-state index in [0.29, 0.717) is 23.3 Å². The van der Waals surface area contributed by atoms with Gasteiger partial charge in [-0.1, -0.05) is 19.1 Å². The molecule has 1 N–H and O–H groups in total. The largest absolute Gasteiger partial charge is 0.468 e. The second-order valence-corrected chi connectivity index (χ2v) is 6.59. The van der Waals surface area contributed by atoms with Crippen LogP contribution in [-0.4, -0.2) is 29.7 Å². The fourth-order valence-corrected chi connectivity index (χ4v) is 3.71. The number of hydrogen-bond acceptors (Lipinski definition) is 6. The normalized spacial score (nSPS) is 25.4. The highest BCUT2D eigenvalue weighted by Gasteiger charge is 2.45. The quantitative estimate of drug-likeness (QED) is 0.381. The van der Waals surface area contributed by atoms with Gasteiger partial charge in [0.15, 0.2) is 5.78 Å². The number of carbonyl (C=O) groups is 3. The zero-order valence-corrected chi connectivity index (χ0v) is 14.4. The number of nitrogens with one attached hydrogen (secondary N) is 1. The predicted molar refractivity (Wildman–Crippen MR) is 89.9 cm³/mol. The van der Waals surface area contributed by atoms with E-state index in [4.69, 9.17) is 4.74 Å². The first-order valence-corrected chi connectivity index (χ1v) is 8.22. The molecule has 0 fully saturated rings. The second kappa shape index (κ2) is 6.70. The van der Waals surface area contributed by atoms with E-state index in [-0.39, 0.29) is 29.7 Å². The zero-order chi connectivity index (χ0) is 19.0. The lowest BCUT2D eigenvalue weighted by atomic mass is 9.70. The van der Waals surface area contributed by atoms with Gasteiger partial charge in [0.25, 0.3) is 5.69 Å². The molecule has 1 aliphatic heterocycles. The summed E-state index contributed by atoms with van der Waals surface area (Å²) in [5.74, 6) is -2.89. The van der Waals surface area contributed by atoms with Crippen molar-refractivity contribution < 1.29 is 24.0 Å². The molecule has 3 atom stereocenters. The summed E-state index contributed by atoms with van der Waals surface area (Å²) >= 11 is 0. The minimum Gasteiger partial charge on any atom is -0.468 e. The van der Waals surface area contributed by atoms with Gasteiger partial charge in [-0.15, -0.1) is 0 Å². The van der Waals surface area contributed by atoms with Gasteiger partial charge in [0.05, 0.1) is 12.0 Å². The molecular formula is C18H18N2O6. The van der Waals surface area contributed by atoms with Crippen molar-refractivity contribution in [1.82, 2.24) is 5.32 Å². The first-order chi connectivity index (χ1) is 12.3. The third kappa shape index (κ3) is 2.98. The maximum absolute atomic E-state index is 13.0. The van der Waals surface area contributed by atoms with Crippen LogP contribution in [0.5, 0.6) is 0 Å². The average molecular weight is 358 g/mol. The van der Waals surface area contributed by atoms with E-state index in [0.717, 1.165) is 0 Å². The maximum Gasteiger partial charge on any atom is 0.316 e. The van der Waals surface area contributed by atoms with Crippen LogP contribution in [0.15, 0.2) is 35.5 Å². The Hall–Kier alpha value is -3.03. The van der Waals surface area contributed by atoms with Crippen LogP contribution < -0.4 is 5.32 Å². The molecule has 136 valence electrons. The van der Waals surface area contributed by atoms with E-state index in [1.807, 2.05) is 0 Å². The third-order valence-electron chi connectivity index (χ3n) is 4.96. The van der Waals surface area contributed by atoms with Gasteiger partial charge in [0.2, 0.25) is 5.91 Å². The number of benzene rings is 1. The van der Waals surface area contributed by atoms with Crippen molar-refractivity contribution in [3.63, 3.8) is 0 Å². The number of amides is 1. The van der Waals surface area contributed by atoms with Crippen LogP contribution in [0, 0.1) is 22.0 Å². The highest BCUT2D eigenvalue weighted by Crippen LogP contribution is 2.42. The molecule has 1 aliphatic carbocycles. The predicted octanol–water partition coefficient (Wildman–Crippen LogP) is 1.85. The smallest absolute Gasteiger partial charge is 0.316 e. The number of nitro groups is 1. The van der Waals surface area contributed by atoms with Crippen LogP contribution in [-0.2, 0) is 19.1 Å². The summed E-state index contributed by atoms with van der Waals surface area (Å²) in [6, 6.07) is 5.78. The lowest BCUT2D eigenvalue weighted by Crippen LogP contribution is -2.44. The van der Waals surface area contributed by atoms with Crippen LogP contribution in [0.1, 0.15) is 31.2 Å². The minimum absolute atomic E-state index is 0.0463. The Balaban J connectivity index is 2.04. The number of carbonyl (C=O) groups excluding carboxylic acids is 3. The van der Waals surface area contributed by atoms with E-state index in [2.05, 4.69) is 5.32 Å². The number of methoxy groups -OCH3 is 1. The van der Waals surface area contributed by atoms with Gasteiger partial charge in [0.1, 0.15) is 5.92 Å². The number of non-ortho nitro benzene ring substituents is 1. The Labute approximate surface area is 149 Å². The summed E-state index contributed by atoms with van der Waals surface area (Å²) in [6.07, 6.45) is 0.431. The van der Waals surface area contributed by atoms with Crippen LogP contribution in [0.3, 0.4) is 0 Å². The lowest BCUT2D eigenvalue weighted by molar-refractivity contribution is -0.384. The molecule has 26 heavy (non-hydrogen) atoms. The SMILES string of the molecule is COC(=O)[C@@H]1C(=O)C2=C(C[C@H]1C)NC(=O)C[C@@H]2c1ccc([N+](=O)[O-])cc1. The number of nitro benzene ring substituents is 1. The van der Waals surface area contributed by atoms with E-state index >= 15 is 0 Å². The molecule has 1 heterocycles. The Morgan fingerprint density at radius 3 is 2.46 bits per heavy atom. The van der Waals surface area contributed by atoms with Crippen molar-refractivity contribution in [3.05, 3.63) is 51.2 Å². The Bertz CT molecular complexity index is 827. The van der Waals surface area contributed by atoms with Gasteiger partial charge < -0.3 is 10.1 Å². The molecule has 1 aromatic carbocycles. The molecule has 0 spiro atoms. The van der Waals surface area contributed by atoms with Crippen LogP contribution in [0.25, 0.3) is 0 Å². The number of hydrogen-bond donors (Lipinski definition) is 1. The number of Topliss-reactive ketones (excluding diaryl/α,β-unsaturated/α-hetero) is 1. The van der Waals surface area contributed by atoms with Gasteiger partial charge in [-0.05, 0) is 17.9 Å². The summed E-state index contributed by atoms with van der Waals surface area (Å²) in [7, 11) is 1.24. The number of nitrogens with zero attached hydrogens (tertiary/aromatic N) is 1. The molecule has 1 aromatic rings. The number of allylic oxidation sites excluding steroid dienone is 2. The lowest BCUT2D eigenvalue weighted by Gasteiger charge is -2.36. The van der Waals surface area contributed by atoms with E-state index < -0.39 is 22.7 Å². The molecule has 0 saturated heterocycles. The molecule has 3 rings (SSSR count). The summed E-state index contributed by atoms with van der Waals surface area (Å²) in [6.45, 7) is 1.77. The second-order valence-electron chi connectivity index (χ2n) is 6.59. The molecule has 8 nitrogen and oxygen atoms in total. The fourth-order valence-electron chi connectivity index (χ4n) is 3.71. The molecular weight excluding hydrogens is 340 g/mol. The first kappa shape index (κ1) is 17.8. The summed E-state index contributed by atoms with van der Waals surface area (Å²) in [5.41, 5.74) is 1.48. The number of rotatable bonds is 3. The average Bonchev–Trinajstić information content (AvgIpc) is 2.60. The molecule has 8 heteroatoms. The Morgan fingerprint density at radius 1 is 1.23 bits per heavy atom. The number of ketones is 1. The summed E-state index contributed by atoms with van der Waals surface area (Å²) < 4.78 is 4.77. The van der Waals surface area contributed by atoms with Gasteiger partial charge in [-0.2, -0.15) is 0 Å². The topological polar surface area (TPSA) is 116 Å². The monoisotopic (exact) mass is 358 g/mol. The standard InChI is InChI=1S/C18H18N2O6/c1-9-7-13-16(17(22)15(9)18(23)26-2)12(8-14(21)19-13)10-3-5-11(6-4-10)20(24)25/h3-6,9,12,15H,7-8H2,1-2H3,(H,19,21)/t9-,12-,15+/m1/s1. The van der Waals surface area contributed by atoms with Gasteiger partial charge in [-0.3, -0.25) is 24.5 Å². The maximum atomic E-state index is 13.0. The van der Waals surface area contributed by atoms with E-state index in [1.54, 1.807) is 19.1 Å². The molecule has 0 unspecified atom stereocenters. The van der Waals surface area contributed by atoms with Gasteiger partial charge in [-0.25, -0.2) is 0 Å². The highest BCUT2D eigenvalue weighted by atomic mass is 16.6. The highest BCUT2D eigenvalue weighted by molar-refractivity contribution is 6.11. The van der Waals surface area contributed by atoms with E-state index in [1.165, 1.54) is 19.2 Å².